The third-order valence-corrected chi connectivity index (χ3v) is 5.71. The first-order valence-corrected chi connectivity index (χ1v) is 11.7. The number of nitrogens with one attached hydrogen (secondary N) is 2. The van der Waals surface area contributed by atoms with E-state index in [-0.39, 0.29) is 24.1 Å². The molecule has 2 aromatic carbocycles. The number of hydrogen-bond acceptors (Lipinski definition) is 7. The van der Waals surface area contributed by atoms with Crippen LogP contribution in [0.3, 0.4) is 0 Å². The highest BCUT2D eigenvalue weighted by Gasteiger charge is 2.15. The highest BCUT2D eigenvalue weighted by Crippen LogP contribution is 2.31. The molecule has 1 amide bonds. The molecule has 1 heterocycles. The van der Waals surface area contributed by atoms with E-state index < -0.39 is 0 Å². The Morgan fingerprint density at radius 3 is 2.80 bits per heavy atom. The molecule has 0 aromatic heterocycles. The average molecular weight is 442 g/mol. The van der Waals surface area contributed by atoms with Crippen molar-refractivity contribution in [3.63, 3.8) is 0 Å². The average Bonchev–Trinajstić information content (AvgIpc) is 2.91. The molecule has 3 rings (SSSR count). The number of thioether (sulfide) groups is 2. The summed E-state index contributed by atoms with van der Waals surface area (Å²) < 4.78 is 5.06. The monoisotopic (exact) mass is 441 g/mol. The fourth-order valence-electron chi connectivity index (χ4n) is 2.76. The maximum Gasteiger partial charge on any atom is 0.311 e. The van der Waals surface area contributed by atoms with E-state index in [0.29, 0.717) is 17.3 Å². The number of para-hydroxylation sites is 2. The van der Waals surface area contributed by atoms with Gasteiger partial charge in [0.2, 0.25) is 5.91 Å². The number of nitrogens with zero attached hydrogens (tertiary/aromatic N) is 1. The van der Waals surface area contributed by atoms with Crippen molar-refractivity contribution in [2.75, 3.05) is 29.2 Å². The van der Waals surface area contributed by atoms with E-state index in [9.17, 15) is 9.59 Å². The Balaban J connectivity index is 1.70. The minimum atomic E-state index is -0.314. The van der Waals surface area contributed by atoms with E-state index in [1.54, 1.807) is 24.8 Å². The molecule has 0 fully saturated rings. The van der Waals surface area contributed by atoms with Crippen molar-refractivity contribution in [2.45, 2.75) is 18.2 Å². The second kappa shape index (κ2) is 10.9. The van der Waals surface area contributed by atoms with Crippen LogP contribution in [0.5, 0.6) is 0 Å². The minimum Gasteiger partial charge on any atom is -0.466 e. The Morgan fingerprint density at radius 2 is 2.00 bits per heavy atom. The zero-order chi connectivity index (χ0) is 21.3. The van der Waals surface area contributed by atoms with Crippen LogP contribution in [0.1, 0.15) is 13.3 Å². The van der Waals surface area contributed by atoms with Crippen LogP contribution in [-0.4, -0.2) is 35.5 Å². The van der Waals surface area contributed by atoms with E-state index in [1.165, 1.54) is 11.8 Å². The minimum absolute atomic E-state index is 0.107. The van der Waals surface area contributed by atoms with Gasteiger partial charge in [0.25, 0.3) is 0 Å². The van der Waals surface area contributed by atoms with Gasteiger partial charge in [-0.15, -0.1) is 11.8 Å². The highest BCUT2D eigenvalue weighted by molar-refractivity contribution is 8.14. The molecule has 0 aliphatic carbocycles. The van der Waals surface area contributed by atoms with Crippen molar-refractivity contribution >= 4 is 57.5 Å². The SMILES string of the molecule is CCOC(=O)CC1=CC(SCC(=O)Nc2cccc(SC)c2)=Nc2ccccc2N1. The summed E-state index contributed by atoms with van der Waals surface area (Å²) in [5.74, 6) is -0.230. The van der Waals surface area contributed by atoms with E-state index in [2.05, 4.69) is 15.6 Å². The van der Waals surface area contributed by atoms with Crippen molar-refractivity contribution in [3.8, 4) is 0 Å². The number of amides is 1. The first-order valence-electron chi connectivity index (χ1n) is 9.45. The second-order valence-electron chi connectivity index (χ2n) is 6.31. The number of aliphatic imine (C=N–C) groups is 1. The lowest BCUT2D eigenvalue weighted by molar-refractivity contribution is -0.142. The molecule has 2 N–H and O–H groups in total. The van der Waals surface area contributed by atoms with Gasteiger partial charge in [-0.2, -0.15) is 0 Å². The van der Waals surface area contributed by atoms with Crippen molar-refractivity contribution in [1.82, 2.24) is 0 Å². The third-order valence-electron chi connectivity index (χ3n) is 4.07. The number of hydrogen-bond donors (Lipinski definition) is 2. The van der Waals surface area contributed by atoms with Crippen LogP contribution >= 0.6 is 23.5 Å². The van der Waals surface area contributed by atoms with Crippen LogP contribution in [0.2, 0.25) is 0 Å². The smallest absolute Gasteiger partial charge is 0.311 e. The van der Waals surface area contributed by atoms with E-state index in [0.717, 1.165) is 22.0 Å². The molecule has 0 atom stereocenters. The lowest BCUT2D eigenvalue weighted by Gasteiger charge is -2.10. The Kier molecular flexibility index (Phi) is 7.98. The van der Waals surface area contributed by atoms with Crippen molar-refractivity contribution < 1.29 is 14.3 Å². The third kappa shape index (κ3) is 6.40. The van der Waals surface area contributed by atoms with Crippen LogP contribution in [0.4, 0.5) is 17.1 Å². The van der Waals surface area contributed by atoms with E-state index >= 15 is 0 Å². The first kappa shape index (κ1) is 22.0. The zero-order valence-corrected chi connectivity index (χ0v) is 18.4. The van der Waals surface area contributed by atoms with Gasteiger partial charge in [-0.05, 0) is 49.6 Å². The molecule has 1 aliphatic rings. The molecule has 1 aliphatic heterocycles. The van der Waals surface area contributed by atoms with E-state index in [1.807, 2.05) is 54.8 Å². The van der Waals surface area contributed by atoms with Gasteiger partial charge in [0.05, 0.1) is 35.2 Å². The van der Waals surface area contributed by atoms with E-state index in [4.69, 9.17) is 4.74 Å². The fourth-order valence-corrected chi connectivity index (χ4v) is 3.96. The quantitative estimate of drug-likeness (QED) is 0.461. The molecular weight excluding hydrogens is 418 g/mol. The molecule has 6 nitrogen and oxygen atoms in total. The molecule has 2 aromatic rings. The lowest BCUT2D eigenvalue weighted by Crippen LogP contribution is -2.15. The van der Waals surface area contributed by atoms with Gasteiger partial charge in [0, 0.05) is 16.3 Å². The summed E-state index contributed by atoms with van der Waals surface area (Å²) in [5.41, 5.74) is 3.00. The molecule has 30 heavy (non-hydrogen) atoms. The number of anilines is 2. The predicted molar refractivity (Wildman–Crippen MR) is 126 cm³/mol. The molecule has 0 saturated heterocycles. The molecule has 0 unspecified atom stereocenters. The predicted octanol–water partition coefficient (Wildman–Crippen LogP) is 5.07. The molecule has 0 bridgehead atoms. The number of benzene rings is 2. The normalized spacial score (nSPS) is 12.6. The fraction of sp³-hybridized carbons (Fsp3) is 0.227. The number of esters is 1. The maximum atomic E-state index is 12.4. The standard InChI is InChI=1S/C22H23N3O3S2/c1-3-28-22(27)13-16-12-21(25-19-10-5-4-9-18(19)23-16)30-14-20(26)24-15-7-6-8-17(11-15)29-2/h4-12,23H,3,13-14H2,1-2H3,(H,24,26). The van der Waals surface area contributed by atoms with Crippen molar-refractivity contribution in [2.24, 2.45) is 4.99 Å². The zero-order valence-electron chi connectivity index (χ0n) is 16.8. The molecule has 156 valence electrons. The maximum absolute atomic E-state index is 12.4. The van der Waals surface area contributed by atoms with Gasteiger partial charge in [0.15, 0.2) is 0 Å². The number of carbonyl (C=O) groups excluding carboxylic acids is 2. The summed E-state index contributed by atoms with van der Waals surface area (Å²) in [6.07, 6.45) is 3.89. The van der Waals surface area contributed by atoms with Crippen molar-refractivity contribution in [3.05, 3.63) is 60.3 Å². The van der Waals surface area contributed by atoms with Crippen LogP contribution in [-0.2, 0) is 14.3 Å². The van der Waals surface area contributed by atoms with Gasteiger partial charge in [-0.25, -0.2) is 4.99 Å². The molecule has 8 heteroatoms. The summed E-state index contributed by atoms with van der Waals surface area (Å²) in [4.78, 5) is 30.1. The Bertz CT molecular complexity index is 989. The van der Waals surface area contributed by atoms with Gasteiger partial charge in [0.1, 0.15) is 0 Å². The molecule has 0 saturated carbocycles. The number of ether oxygens (including phenoxy) is 1. The second-order valence-corrected chi connectivity index (χ2v) is 8.19. The number of rotatable bonds is 7. The molecule has 0 radical (unpaired) electrons. The summed E-state index contributed by atoms with van der Waals surface area (Å²) in [6, 6.07) is 15.3. The Hall–Kier alpha value is -2.71. The topological polar surface area (TPSA) is 79.8 Å². The summed E-state index contributed by atoms with van der Waals surface area (Å²) in [6.45, 7) is 2.11. The van der Waals surface area contributed by atoms with Crippen molar-refractivity contribution in [1.29, 1.82) is 0 Å². The lowest BCUT2D eigenvalue weighted by atomic mass is 10.2. The van der Waals surface area contributed by atoms with Gasteiger partial charge < -0.3 is 15.4 Å². The molecular formula is C22H23N3O3S2. The summed E-state index contributed by atoms with van der Waals surface area (Å²) in [7, 11) is 0. The number of carbonyl (C=O) groups is 2. The summed E-state index contributed by atoms with van der Waals surface area (Å²) in [5, 5.41) is 6.81. The summed E-state index contributed by atoms with van der Waals surface area (Å²) >= 11 is 2.94. The Morgan fingerprint density at radius 1 is 1.17 bits per heavy atom. The van der Waals surface area contributed by atoms with Gasteiger partial charge in [-0.3, -0.25) is 9.59 Å². The van der Waals surface area contributed by atoms with Crippen LogP contribution < -0.4 is 10.6 Å². The molecule has 0 spiro atoms. The number of fused-ring (bicyclic) bond motifs is 1. The van der Waals surface area contributed by atoms with Crippen LogP contribution in [0.25, 0.3) is 0 Å². The largest absolute Gasteiger partial charge is 0.466 e. The Labute approximate surface area is 184 Å². The van der Waals surface area contributed by atoms with Gasteiger partial charge in [-0.1, -0.05) is 30.0 Å². The van der Waals surface area contributed by atoms with Crippen LogP contribution in [0.15, 0.2) is 70.2 Å². The van der Waals surface area contributed by atoms with Gasteiger partial charge >= 0.3 is 5.97 Å². The highest BCUT2D eigenvalue weighted by atomic mass is 32.2. The van der Waals surface area contributed by atoms with Crippen LogP contribution in [0, 0.1) is 0 Å². The first-order chi connectivity index (χ1) is 14.6.